The third-order valence-electron chi connectivity index (χ3n) is 1.97. The second-order valence-corrected chi connectivity index (χ2v) is 3.05. The van der Waals surface area contributed by atoms with Crippen LogP contribution in [0.5, 0.6) is 0 Å². The van der Waals surface area contributed by atoms with Crippen molar-refractivity contribution in [1.29, 1.82) is 5.41 Å². The second-order valence-electron chi connectivity index (χ2n) is 3.05. The molecule has 0 radical (unpaired) electrons. The molecule has 5 heteroatoms. The number of rotatable bonds is 3. The number of nitrogens with one attached hydrogen (secondary N) is 1. The fourth-order valence-electron chi connectivity index (χ4n) is 1.05. The van der Waals surface area contributed by atoms with Crippen molar-refractivity contribution in [1.82, 2.24) is 4.90 Å². The smallest absolute Gasteiger partial charge is 0.335 e. The summed E-state index contributed by atoms with van der Waals surface area (Å²) in [6.07, 6.45) is 0. The lowest BCUT2D eigenvalue weighted by molar-refractivity contribution is 0.0697. The number of carboxylic acid groups (broad SMARTS) is 1. The van der Waals surface area contributed by atoms with Gasteiger partial charge in [-0.3, -0.25) is 5.41 Å². The maximum atomic E-state index is 12.2. The van der Waals surface area contributed by atoms with Gasteiger partial charge in [-0.05, 0) is 12.1 Å². The van der Waals surface area contributed by atoms with Gasteiger partial charge in [0.25, 0.3) is 0 Å². The number of benzene rings is 1. The molecule has 0 amide bonds. The third-order valence-corrected chi connectivity index (χ3v) is 1.97. The van der Waals surface area contributed by atoms with Crippen LogP contribution in [0.15, 0.2) is 24.3 Å². The van der Waals surface area contributed by atoms with E-state index >= 15 is 0 Å². The number of aromatic carboxylic acids is 1. The van der Waals surface area contributed by atoms with E-state index in [9.17, 15) is 9.18 Å². The minimum absolute atomic E-state index is 0.0226. The molecule has 1 rings (SSSR count). The Hall–Kier alpha value is -1.91. The quantitative estimate of drug-likeness (QED) is 0.452. The Morgan fingerprint density at radius 2 is 1.87 bits per heavy atom. The highest BCUT2D eigenvalue weighted by Gasteiger charge is 2.08. The van der Waals surface area contributed by atoms with Crippen LogP contribution < -0.4 is 0 Å². The molecule has 0 bridgehead atoms. The van der Waals surface area contributed by atoms with Gasteiger partial charge in [0.15, 0.2) is 6.80 Å². The van der Waals surface area contributed by atoms with Crippen LogP contribution >= 0.6 is 0 Å². The molecule has 80 valence electrons. The fourth-order valence-corrected chi connectivity index (χ4v) is 1.05. The lowest BCUT2D eigenvalue weighted by Gasteiger charge is -2.15. The van der Waals surface area contributed by atoms with E-state index in [0.29, 0.717) is 5.56 Å². The number of carboxylic acids is 1. The Morgan fingerprint density at radius 1 is 1.40 bits per heavy atom. The first-order chi connectivity index (χ1) is 7.06. The van der Waals surface area contributed by atoms with Crippen LogP contribution in [0.3, 0.4) is 0 Å². The summed E-state index contributed by atoms with van der Waals surface area (Å²) in [5.41, 5.74) is 0.634. The summed E-state index contributed by atoms with van der Waals surface area (Å²) in [4.78, 5) is 11.7. The third kappa shape index (κ3) is 2.52. The van der Waals surface area contributed by atoms with E-state index in [1.54, 1.807) is 0 Å². The summed E-state index contributed by atoms with van der Waals surface area (Å²) in [6.45, 7) is -0.750. The molecule has 1 aromatic carbocycles. The molecule has 0 atom stereocenters. The Bertz CT molecular complexity index is 376. The molecule has 0 fully saturated rings. The largest absolute Gasteiger partial charge is 0.478 e. The van der Waals surface area contributed by atoms with Crippen LogP contribution in [-0.2, 0) is 0 Å². The van der Waals surface area contributed by atoms with Gasteiger partial charge >= 0.3 is 5.97 Å². The monoisotopic (exact) mass is 210 g/mol. The van der Waals surface area contributed by atoms with Gasteiger partial charge in [0.2, 0.25) is 0 Å². The Morgan fingerprint density at radius 3 is 2.27 bits per heavy atom. The molecule has 0 aliphatic heterocycles. The van der Waals surface area contributed by atoms with Crippen molar-refractivity contribution < 1.29 is 14.3 Å². The molecule has 4 nitrogen and oxygen atoms in total. The van der Waals surface area contributed by atoms with E-state index in [2.05, 4.69) is 0 Å². The van der Waals surface area contributed by atoms with Gasteiger partial charge in [0.05, 0.1) is 5.56 Å². The fraction of sp³-hybridized carbons (Fsp3) is 0.200. The summed E-state index contributed by atoms with van der Waals surface area (Å²) in [5, 5.41) is 16.2. The number of hydrogen-bond acceptors (Lipinski definition) is 2. The van der Waals surface area contributed by atoms with E-state index in [-0.39, 0.29) is 11.4 Å². The number of alkyl halides is 1. The van der Waals surface area contributed by atoms with Gasteiger partial charge in [-0.2, -0.15) is 0 Å². The molecule has 0 unspecified atom stereocenters. The normalized spacial score (nSPS) is 9.73. The highest BCUT2D eigenvalue weighted by molar-refractivity contribution is 5.97. The molecule has 0 saturated carbocycles. The highest BCUT2D eigenvalue weighted by Crippen LogP contribution is 2.06. The molecule has 0 aliphatic rings. The summed E-state index contributed by atoms with van der Waals surface area (Å²) in [5.74, 6) is -0.999. The average molecular weight is 210 g/mol. The van der Waals surface area contributed by atoms with E-state index in [4.69, 9.17) is 10.5 Å². The molecule has 15 heavy (non-hydrogen) atoms. The van der Waals surface area contributed by atoms with Crippen LogP contribution in [0.4, 0.5) is 4.39 Å². The molecule has 1 aromatic rings. The SMILES string of the molecule is CN(CF)C(=N)c1ccc(C(=O)O)cc1. The molecular formula is C10H11FN2O2. The lowest BCUT2D eigenvalue weighted by atomic mass is 10.1. The molecule has 0 heterocycles. The van der Waals surface area contributed by atoms with E-state index in [1.165, 1.54) is 31.3 Å². The summed E-state index contributed by atoms with van der Waals surface area (Å²) in [6, 6.07) is 5.74. The van der Waals surface area contributed by atoms with Crippen molar-refractivity contribution in [3.8, 4) is 0 Å². The number of nitrogens with zero attached hydrogens (tertiary/aromatic N) is 1. The zero-order chi connectivity index (χ0) is 11.4. The topological polar surface area (TPSA) is 64.4 Å². The van der Waals surface area contributed by atoms with E-state index in [1.807, 2.05) is 0 Å². The van der Waals surface area contributed by atoms with Crippen molar-refractivity contribution in [2.75, 3.05) is 13.8 Å². The zero-order valence-electron chi connectivity index (χ0n) is 8.20. The maximum absolute atomic E-state index is 12.2. The lowest BCUT2D eigenvalue weighted by Crippen LogP contribution is -2.25. The molecule has 0 saturated heterocycles. The van der Waals surface area contributed by atoms with Gasteiger partial charge in [0.1, 0.15) is 5.84 Å². The summed E-state index contributed by atoms with van der Waals surface area (Å²) >= 11 is 0. The van der Waals surface area contributed by atoms with E-state index < -0.39 is 12.8 Å². The molecule has 2 N–H and O–H groups in total. The minimum Gasteiger partial charge on any atom is -0.478 e. The number of halogens is 1. The number of carbonyl (C=O) groups is 1. The van der Waals surface area contributed by atoms with Gasteiger partial charge in [0, 0.05) is 12.6 Å². The Labute approximate surface area is 86.5 Å². The van der Waals surface area contributed by atoms with Crippen LogP contribution in [0, 0.1) is 5.41 Å². The number of amidine groups is 1. The van der Waals surface area contributed by atoms with Crippen LogP contribution in [0.2, 0.25) is 0 Å². The first kappa shape index (κ1) is 11.2. The zero-order valence-corrected chi connectivity index (χ0v) is 8.20. The van der Waals surface area contributed by atoms with Gasteiger partial charge in [-0.25, -0.2) is 9.18 Å². The minimum atomic E-state index is -1.02. The number of hydrogen-bond donors (Lipinski definition) is 2. The summed E-state index contributed by atoms with van der Waals surface area (Å²) in [7, 11) is 1.45. The molecule has 0 aliphatic carbocycles. The van der Waals surface area contributed by atoms with Gasteiger partial charge < -0.3 is 10.0 Å². The first-order valence-electron chi connectivity index (χ1n) is 4.25. The predicted molar refractivity (Wildman–Crippen MR) is 54.0 cm³/mol. The maximum Gasteiger partial charge on any atom is 0.335 e. The predicted octanol–water partition coefficient (Wildman–Crippen LogP) is 1.57. The van der Waals surface area contributed by atoms with Crippen molar-refractivity contribution in [3.63, 3.8) is 0 Å². The van der Waals surface area contributed by atoms with Crippen LogP contribution in [0.1, 0.15) is 15.9 Å². The highest BCUT2D eigenvalue weighted by atomic mass is 19.1. The molecular weight excluding hydrogens is 199 g/mol. The van der Waals surface area contributed by atoms with Crippen molar-refractivity contribution in [2.45, 2.75) is 0 Å². The molecule has 0 aromatic heterocycles. The first-order valence-corrected chi connectivity index (χ1v) is 4.25. The van der Waals surface area contributed by atoms with E-state index in [0.717, 1.165) is 4.90 Å². The average Bonchev–Trinajstić information content (AvgIpc) is 2.27. The van der Waals surface area contributed by atoms with Crippen molar-refractivity contribution in [2.24, 2.45) is 0 Å². The van der Waals surface area contributed by atoms with Crippen LogP contribution in [0.25, 0.3) is 0 Å². The Kier molecular flexibility index (Phi) is 3.38. The van der Waals surface area contributed by atoms with Gasteiger partial charge in [-0.1, -0.05) is 12.1 Å². The Balaban J connectivity index is 2.89. The molecule has 0 spiro atoms. The standard InChI is InChI=1S/C10H11FN2O2/c1-13(6-11)9(12)7-2-4-8(5-3-7)10(14)15/h2-5,12H,6H2,1H3,(H,14,15). The second kappa shape index (κ2) is 4.54. The van der Waals surface area contributed by atoms with Gasteiger partial charge in [-0.15, -0.1) is 0 Å². The summed E-state index contributed by atoms with van der Waals surface area (Å²) < 4.78 is 12.2. The van der Waals surface area contributed by atoms with Crippen LogP contribution in [-0.4, -0.2) is 35.7 Å². The van der Waals surface area contributed by atoms with Crippen molar-refractivity contribution >= 4 is 11.8 Å². The van der Waals surface area contributed by atoms with Crippen molar-refractivity contribution in [3.05, 3.63) is 35.4 Å².